The van der Waals surface area contributed by atoms with E-state index in [4.69, 9.17) is 23.2 Å². The van der Waals surface area contributed by atoms with Crippen LogP contribution in [0.15, 0.2) is 36.4 Å². The monoisotopic (exact) mass is 306 g/mol. The normalized spacial score (nSPS) is 10.8. The van der Waals surface area contributed by atoms with Gasteiger partial charge in [-0.1, -0.05) is 23.2 Å². The van der Waals surface area contributed by atoms with Crippen molar-refractivity contribution < 1.29 is 17.9 Å². The molecule has 1 nitrogen and oxygen atoms in total. The zero-order valence-electron chi connectivity index (χ0n) is 9.34. The molecule has 2 aromatic carbocycles. The van der Waals surface area contributed by atoms with Crippen molar-refractivity contribution in [3.8, 4) is 16.9 Å². The standard InChI is InChI=1S/C13H7Cl2F3O/c14-8-3-7(4-9(15)5-8)11-6-10(16)1-2-12(11)19-13(17)18/h1-6,13H. The molecule has 0 unspecified atom stereocenters. The molecule has 19 heavy (non-hydrogen) atoms. The fourth-order valence-electron chi connectivity index (χ4n) is 1.64. The summed E-state index contributed by atoms with van der Waals surface area (Å²) in [6.45, 7) is -3.00. The molecule has 0 aliphatic carbocycles. The van der Waals surface area contributed by atoms with Gasteiger partial charge in [-0.25, -0.2) is 4.39 Å². The molecule has 2 rings (SSSR count). The van der Waals surface area contributed by atoms with Crippen LogP contribution in [0.3, 0.4) is 0 Å². The zero-order chi connectivity index (χ0) is 14.0. The second-order valence-corrected chi connectivity index (χ2v) is 4.55. The molecule has 0 atom stereocenters. The van der Waals surface area contributed by atoms with Crippen molar-refractivity contribution in [2.24, 2.45) is 0 Å². The van der Waals surface area contributed by atoms with Gasteiger partial charge in [0, 0.05) is 15.6 Å². The molecule has 0 N–H and O–H groups in total. The van der Waals surface area contributed by atoms with Crippen LogP contribution in [-0.4, -0.2) is 6.61 Å². The van der Waals surface area contributed by atoms with Crippen LogP contribution in [0.25, 0.3) is 11.1 Å². The minimum atomic E-state index is -3.00. The molecule has 0 heterocycles. The van der Waals surface area contributed by atoms with E-state index in [0.717, 1.165) is 18.2 Å². The van der Waals surface area contributed by atoms with Gasteiger partial charge in [0.25, 0.3) is 0 Å². The lowest BCUT2D eigenvalue weighted by Gasteiger charge is -2.11. The summed E-state index contributed by atoms with van der Waals surface area (Å²) in [5.41, 5.74) is 0.553. The Morgan fingerprint density at radius 1 is 0.947 bits per heavy atom. The highest BCUT2D eigenvalue weighted by Crippen LogP contribution is 2.34. The van der Waals surface area contributed by atoms with Gasteiger partial charge < -0.3 is 4.74 Å². The van der Waals surface area contributed by atoms with Gasteiger partial charge in [0.05, 0.1) is 0 Å². The van der Waals surface area contributed by atoms with Gasteiger partial charge in [-0.15, -0.1) is 0 Å². The molecule has 2 aromatic rings. The van der Waals surface area contributed by atoms with Crippen molar-refractivity contribution >= 4 is 23.2 Å². The minimum absolute atomic E-state index is 0.144. The van der Waals surface area contributed by atoms with Crippen molar-refractivity contribution in [3.63, 3.8) is 0 Å². The number of hydrogen-bond donors (Lipinski definition) is 0. The SMILES string of the molecule is Fc1ccc(OC(F)F)c(-c2cc(Cl)cc(Cl)c2)c1. The number of hydrogen-bond acceptors (Lipinski definition) is 1. The number of benzene rings is 2. The van der Waals surface area contributed by atoms with Crippen LogP contribution in [0, 0.1) is 5.82 Å². The van der Waals surface area contributed by atoms with E-state index in [2.05, 4.69) is 4.74 Å². The van der Waals surface area contributed by atoms with E-state index in [0.29, 0.717) is 15.6 Å². The predicted molar refractivity (Wildman–Crippen MR) is 68.5 cm³/mol. The summed E-state index contributed by atoms with van der Waals surface area (Å²) in [6.07, 6.45) is 0. The Morgan fingerprint density at radius 2 is 1.58 bits per heavy atom. The quantitative estimate of drug-likeness (QED) is 0.737. The molecule has 0 aromatic heterocycles. The minimum Gasteiger partial charge on any atom is -0.434 e. The zero-order valence-corrected chi connectivity index (χ0v) is 10.9. The fraction of sp³-hybridized carbons (Fsp3) is 0.0769. The largest absolute Gasteiger partial charge is 0.434 e. The van der Waals surface area contributed by atoms with Crippen molar-refractivity contribution in [3.05, 3.63) is 52.3 Å². The van der Waals surface area contributed by atoms with Gasteiger partial charge in [0.15, 0.2) is 0 Å². The predicted octanol–water partition coefficient (Wildman–Crippen LogP) is 5.40. The van der Waals surface area contributed by atoms with E-state index in [9.17, 15) is 13.2 Å². The van der Waals surface area contributed by atoms with Crippen molar-refractivity contribution in [2.45, 2.75) is 6.61 Å². The van der Waals surface area contributed by atoms with Gasteiger partial charge in [-0.05, 0) is 42.0 Å². The molecule has 0 radical (unpaired) electrons. The molecule has 0 saturated carbocycles. The molecule has 0 bridgehead atoms. The van der Waals surface area contributed by atoms with Crippen LogP contribution >= 0.6 is 23.2 Å². The van der Waals surface area contributed by atoms with Crippen molar-refractivity contribution in [2.75, 3.05) is 0 Å². The Bertz CT molecular complexity index is 582. The molecule has 100 valence electrons. The van der Waals surface area contributed by atoms with Crippen molar-refractivity contribution in [1.82, 2.24) is 0 Å². The van der Waals surface area contributed by atoms with E-state index in [1.54, 1.807) is 0 Å². The maximum atomic E-state index is 13.3. The Balaban J connectivity index is 2.55. The van der Waals surface area contributed by atoms with Crippen LogP contribution in [0.4, 0.5) is 13.2 Å². The first-order valence-corrected chi connectivity index (χ1v) is 5.92. The third kappa shape index (κ3) is 3.55. The topological polar surface area (TPSA) is 9.23 Å². The first kappa shape index (κ1) is 14.0. The van der Waals surface area contributed by atoms with E-state index >= 15 is 0 Å². The summed E-state index contributed by atoms with van der Waals surface area (Å²) in [6, 6.07) is 7.71. The lowest BCUT2D eigenvalue weighted by atomic mass is 10.0. The Kier molecular flexibility index (Phi) is 4.22. The molecular weight excluding hydrogens is 300 g/mol. The third-order valence-electron chi connectivity index (χ3n) is 2.33. The smallest absolute Gasteiger partial charge is 0.387 e. The second kappa shape index (κ2) is 5.72. The average Bonchev–Trinajstić information content (AvgIpc) is 2.29. The highest BCUT2D eigenvalue weighted by atomic mass is 35.5. The van der Waals surface area contributed by atoms with Crippen LogP contribution in [0.2, 0.25) is 10.0 Å². The molecule has 0 spiro atoms. The van der Waals surface area contributed by atoms with Crippen molar-refractivity contribution in [1.29, 1.82) is 0 Å². The van der Waals surface area contributed by atoms with Crippen LogP contribution in [0.5, 0.6) is 5.75 Å². The molecule has 6 heteroatoms. The molecule has 0 fully saturated rings. The maximum Gasteiger partial charge on any atom is 0.387 e. The van der Waals surface area contributed by atoms with Gasteiger partial charge in [-0.2, -0.15) is 8.78 Å². The van der Waals surface area contributed by atoms with Gasteiger partial charge in [0.2, 0.25) is 0 Å². The summed E-state index contributed by atoms with van der Waals surface area (Å²) in [7, 11) is 0. The summed E-state index contributed by atoms with van der Waals surface area (Å²) in [5, 5.41) is 0.629. The van der Waals surface area contributed by atoms with Crippen LogP contribution in [-0.2, 0) is 0 Å². The molecule has 0 aliphatic heterocycles. The molecular formula is C13H7Cl2F3O. The van der Waals surface area contributed by atoms with Gasteiger partial charge in [0.1, 0.15) is 11.6 Å². The van der Waals surface area contributed by atoms with Crippen LogP contribution < -0.4 is 4.74 Å². The Labute approximate surface area is 117 Å². The Hall–Kier alpha value is -1.39. The second-order valence-electron chi connectivity index (χ2n) is 3.68. The summed E-state index contributed by atoms with van der Waals surface area (Å²) < 4.78 is 42.2. The van der Waals surface area contributed by atoms with E-state index < -0.39 is 12.4 Å². The van der Waals surface area contributed by atoms with E-state index in [1.807, 2.05) is 0 Å². The lowest BCUT2D eigenvalue weighted by molar-refractivity contribution is -0.0494. The third-order valence-corrected chi connectivity index (χ3v) is 2.77. The first-order valence-electron chi connectivity index (χ1n) is 5.16. The summed E-state index contributed by atoms with van der Waals surface area (Å²) in [4.78, 5) is 0. The average molecular weight is 307 g/mol. The molecule has 0 amide bonds. The highest BCUT2D eigenvalue weighted by molar-refractivity contribution is 6.35. The summed E-state index contributed by atoms with van der Waals surface area (Å²) >= 11 is 11.7. The summed E-state index contributed by atoms with van der Waals surface area (Å²) in [5.74, 6) is -0.720. The number of rotatable bonds is 3. The van der Waals surface area contributed by atoms with Gasteiger partial charge in [-0.3, -0.25) is 0 Å². The number of ether oxygens (including phenoxy) is 1. The Morgan fingerprint density at radius 3 is 2.16 bits per heavy atom. The highest BCUT2D eigenvalue weighted by Gasteiger charge is 2.13. The molecule has 0 aliphatic rings. The van der Waals surface area contributed by atoms with Gasteiger partial charge >= 0.3 is 6.61 Å². The maximum absolute atomic E-state index is 13.3. The molecule has 0 saturated heterocycles. The van der Waals surface area contributed by atoms with Crippen LogP contribution in [0.1, 0.15) is 0 Å². The van der Waals surface area contributed by atoms with E-state index in [1.165, 1.54) is 18.2 Å². The van der Waals surface area contributed by atoms with E-state index in [-0.39, 0.29) is 11.3 Å². The number of halogens is 5. The fourth-order valence-corrected chi connectivity index (χ4v) is 2.16. The lowest BCUT2D eigenvalue weighted by Crippen LogP contribution is -2.03. The first-order chi connectivity index (χ1) is 8.95. The number of alkyl halides is 2.